The van der Waals surface area contributed by atoms with Gasteiger partial charge in [-0.25, -0.2) is 18.7 Å². The lowest BCUT2D eigenvalue weighted by Gasteiger charge is -2.14. The maximum Gasteiger partial charge on any atom is 0.182 e. The molecular weight excluding hydrogens is 274 g/mol. The zero-order valence-corrected chi connectivity index (χ0v) is 12.3. The lowest BCUT2D eigenvalue weighted by Crippen LogP contribution is -2.09. The Morgan fingerprint density at radius 1 is 1.10 bits per heavy atom. The van der Waals surface area contributed by atoms with Crippen LogP contribution in [0.4, 0.5) is 26.1 Å². The molecule has 0 fully saturated rings. The van der Waals surface area contributed by atoms with Gasteiger partial charge < -0.3 is 10.6 Å². The Morgan fingerprint density at radius 3 is 2.52 bits per heavy atom. The normalized spacial score (nSPS) is 10.5. The van der Waals surface area contributed by atoms with E-state index in [0.717, 1.165) is 24.6 Å². The van der Waals surface area contributed by atoms with E-state index >= 15 is 0 Å². The summed E-state index contributed by atoms with van der Waals surface area (Å²) in [5.41, 5.74) is 0.815. The first-order valence-electron chi connectivity index (χ1n) is 6.83. The molecule has 21 heavy (non-hydrogen) atoms. The van der Waals surface area contributed by atoms with Gasteiger partial charge in [-0.3, -0.25) is 0 Å². The van der Waals surface area contributed by atoms with Crippen LogP contribution in [-0.2, 0) is 0 Å². The number of nitrogens with zero attached hydrogens (tertiary/aromatic N) is 2. The number of aromatic nitrogens is 2. The summed E-state index contributed by atoms with van der Waals surface area (Å²) in [5.74, 6) is -0.100. The van der Waals surface area contributed by atoms with Crippen LogP contribution in [0.25, 0.3) is 0 Å². The first-order valence-corrected chi connectivity index (χ1v) is 6.83. The monoisotopic (exact) mass is 292 g/mol. The maximum atomic E-state index is 13.7. The number of aryl methyl sites for hydroxylation is 1. The van der Waals surface area contributed by atoms with E-state index in [4.69, 9.17) is 0 Å². The Hall–Kier alpha value is -2.24. The summed E-state index contributed by atoms with van der Waals surface area (Å²) in [4.78, 5) is 8.58. The van der Waals surface area contributed by atoms with Crippen molar-refractivity contribution in [3.8, 4) is 0 Å². The third kappa shape index (κ3) is 3.45. The number of hydrogen-bond acceptors (Lipinski definition) is 4. The molecule has 0 unspecified atom stereocenters. The van der Waals surface area contributed by atoms with Crippen LogP contribution < -0.4 is 10.6 Å². The lowest BCUT2D eigenvalue weighted by atomic mass is 10.2. The standard InChI is InChI=1S/C15H18F2N4/c1-4-8-18-14-9(2)15(20-10(3)19-14)21-12-7-5-6-11(16)13(12)17/h5-7H,4,8H2,1-3H3,(H2,18,19,20,21). The molecule has 6 heteroatoms. The molecule has 0 saturated heterocycles. The fraction of sp³-hybridized carbons (Fsp3) is 0.333. The molecule has 0 radical (unpaired) electrons. The van der Waals surface area contributed by atoms with Crippen molar-refractivity contribution in [2.75, 3.05) is 17.2 Å². The van der Waals surface area contributed by atoms with Gasteiger partial charge in [-0.15, -0.1) is 0 Å². The summed E-state index contributed by atoms with van der Waals surface area (Å²) in [6.07, 6.45) is 0.962. The highest BCUT2D eigenvalue weighted by Gasteiger charge is 2.12. The average Bonchev–Trinajstić information content (AvgIpc) is 2.45. The van der Waals surface area contributed by atoms with Crippen LogP contribution in [-0.4, -0.2) is 16.5 Å². The quantitative estimate of drug-likeness (QED) is 0.876. The Kier molecular flexibility index (Phi) is 4.67. The molecule has 2 N–H and O–H groups in total. The Labute approximate surface area is 122 Å². The van der Waals surface area contributed by atoms with Gasteiger partial charge in [0.15, 0.2) is 11.6 Å². The number of benzene rings is 1. The smallest absolute Gasteiger partial charge is 0.182 e. The molecule has 0 amide bonds. The molecule has 0 spiro atoms. The second kappa shape index (κ2) is 6.47. The van der Waals surface area contributed by atoms with E-state index < -0.39 is 11.6 Å². The highest BCUT2D eigenvalue weighted by atomic mass is 19.2. The average molecular weight is 292 g/mol. The van der Waals surface area contributed by atoms with Gasteiger partial charge in [0, 0.05) is 12.1 Å². The predicted octanol–water partition coefficient (Wildman–Crippen LogP) is 3.94. The van der Waals surface area contributed by atoms with Crippen molar-refractivity contribution in [3.05, 3.63) is 41.2 Å². The summed E-state index contributed by atoms with van der Waals surface area (Å²) in [6, 6.07) is 3.99. The first kappa shape index (κ1) is 15.2. The molecule has 0 bridgehead atoms. The molecule has 0 aliphatic carbocycles. The zero-order valence-electron chi connectivity index (χ0n) is 12.3. The van der Waals surface area contributed by atoms with Crippen molar-refractivity contribution < 1.29 is 8.78 Å². The number of anilines is 3. The Bertz CT molecular complexity index is 644. The summed E-state index contributed by atoms with van der Waals surface area (Å²) >= 11 is 0. The van der Waals surface area contributed by atoms with Crippen molar-refractivity contribution in [3.63, 3.8) is 0 Å². The van der Waals surface area contributed by atoms with Gasteiger partial charge >= 0.3 is 0 Å². The van der Waals surface area contributed by atoms with Gasteiger partial charge in [-0.05, 0) is 32.4 Å². The number of nitrogens with one attached hydrogen (secondary N) is 2. The van der Waals surface area contributed by atoms with Crippen LogP contribution in [0.15, 0.2) is 18.2 Å². The summed E-state index contributed by atoms with van der Waals surface area (Å²) < 4.78 is 27.0. The minimum Gasteiger partial charge on any atom is -0.370 e. The molecule has 2 aromatic rings. The maximum absolute atomic E-state index is 13.7. The summed E-state index contributed by atoms with van der Waals surface area (Å²) in [6.45, 7) is 6.42. The van der Waals surface area contributed by atoms with Gasteiger partial charge in [-0.2, -0.15) is 0 Å². The van der Waals surface area contributed by atoms with Crippen molar-refractivity contribution >= 4 is 17.3 Å². The largest absolute Gasteiger partial charge is 0.370 e. The van der Waals surface area contributed by atoms with Gasteiger partial charge in [0.05, 0.1) is 5.69 Å². The second-order valence-electron chi connectivity index (χ2n) is 4.75. The third-order valence-electron chi connectivity index (χ3n) is 3.00. The van der Waals surface area contributed by atoms with Crippen LogP contribution in [0.5, 0.6) is 0 Å². The highest BCUT2D eigenvalue weighted by molar-refractivity contribution is 5.65. The third-order valence-corrected chi connectivity index (χ3v) is 3.00. The van der Waals surface area contributed by atoms with E-state index in [9.17, 15) is 8.78 Å². The van der Waals surface area contributed by atoms with Crippen LogP contribution in [0, 0.1) is 25.5 Å². The zero-order chi connectivity index (χ0) is 15.4. The second-order valence-corrected chi connectivity index (χ2v) is 4.75. The van der Waals surface area contributed by atoms with Gasteiger partial charge in [-0.1, -0.05) is 13.0 Å². The van der Waals surface area contributed by atoms with Crippen molar-refractivity contribution in [2.45, 2.75) is 27.2 Å². The fourth-order valence-corrected chi connectivity index (χ4v) is 1.89. The minimum atomic E-state index is -0.920. The van der Waals surface area contributed by atoms with Gasteiger partial charge in [0.1, 0.15) is 17.5 Å². The number of hydrogen-bond donors (Lipinski definition) is 2. The molecule has 0 aliphatic rings. The highest BCUT2D eigenvalue weighted by Crippen LogP contribution is 2.25. The number of rotatable bonds is 5. The minimum absolute atomic E-state index is 0.0534. The van der Waals surface area contributed by atoms with E-state index in [2.05, 4.69) is 27.5 Å². The van der Waals surface area contributed by atoms with Gasteiger partial charge in [0.2, 0.25) is 0 Å². The Balaban J connectivity index is 2.35. The molecule has 2 rings (SSSR count). The number of halogens is 2. The summed E-state index contributed by atoms with van der Waals surface area (Å²) in [7, 11) is 0. The molecular formula is C15H18F2N4. The van der Waals surface area contributed by atoms with Crippen molar-refractivity contribution in [1.29, 1.82) is 0 Å². The molecule has 1 aromatic carbocycles. The van der Waals surface area contributed by atoms with Crippen LogP contribution in [0.1, 0.15) is 24.7 Å². The molecule has 0 aliphatic heterocycles. The van der Waals surface area contributed by atoms with E-state index in [1.807, 2.05) is 6.92 Å². The summed E-state index contributed by atoms with van der Waals surface area (Å²) in [5, 5.41) is 6.03. The fourth-order valence-electron chi connectivity index (χ4n) is 1.89. The predicted molar refractivity (Wildman–Crippen MR) is 79.9 cm³/mol. The first-order chi connectivity index (χ1) is 10.0. The Morgan fingerprint density at radius 2 is 1.81 bits per heavy atom. The molecule has 1 heterocycles. The van der Waals surface area contributed by atoms with E-state index in [1.54, 1.807) is 6.92 Å². The van der Waals surface area contributed by atoms with Gasteiger partial charge in [0.25, 0.3) is 0 Å². The van der Waals surface area contributed by atoms with E-state index in [1.165, 1.54) is 12.1 Å². The van der Waals surface area contributed by atoms with Crippen LogP contribution in [0.2, 0.25) is 0 Å². The lowest BCUT2D eigenvalue weighted by molar-refractivity contribution is 0.511. The van der Waals surface area contributed by atoms with E-state index in [0.29, 0.717) is 17.5 Å². The van der Waals surface area contributed by atoms with Crippen molar-refractivity contribution in [1.82, 2.24) is 9.97 Å². The molecule has 0 atom stereocenters. The van der Waals surface area contributed by atoms with Crippen LogP contribution >= 0.6 is 0 Å². The molecule has 112 valence electrons. The molecule has 4 nitrogen and oxygen atoms in total. The van der Waals surface area contributed by atoms with E-state index in [-0.39, 0.29) is 5.69 Å². The SMILES string of the molecule is CCCNc1nc(C)nc(Nc2cccc(F)c2F)c1C. The van der Waals surface area contributed by atoms with Crippen molar-refractivity contribution in [2.24, 2.45) is 0 Å². The topological polar surface area (TPSA) is 49.8 Å². The molecule has 1 aromatic heterocycles. The van der Waals surface area contributed by atoms with Crippen LogP contribution in [0.3, 0.4) is 0 Å². The molecule has 0 saturated carbocycles.